The number of nitrogens with zero attached hydrogens (tertiary/aromatic N) is 2. The summed E-state index contributed by atoms with van der Waals surface area (Å²) < 4.78 is 5.15. The molecule has 0 unspecified atom stereocenters. The lowest BCUT2D eigenvalue weighted by molar-refractivity contribution is -0.384. The van der Waals surface area contributed by atoms with Crippen molar-refractivity contribution in [2.45, 2.75) is 0 Å². The van der Waals surface area contributed by atoms with E-state index >= 15 is 0 Å². The Morgan fingerprint density at radius 1 is 1.27 bits per heavy atom. The number of nitrogens with one attached hydrogen (secondary N) is 1. The van der Waals surface area contributed by atoms with Crippen LogP contribution in [0.3, 0.4) is 0 Å². The fourth-order valence-corrected chi connectivity index (χ4v) is 1.76. The van der Waals surface area contributed by atoms with Gasteiger partial charge in [-0.3, -0.25) is 14.9 Å². The van der Waals surface area contributed by atoms with Crippen LogP contribution in [0, 0.1) is 10.1 Å². The highest BCUT2D eigenvalue weighted by atomic mass is 16.6. The first-order valence-electron chi connectivity index (χ1n) is 6.32. The molecule has 22 heavy (non-hydrogen) atoms. The van der Waals surface area contributed by atoms with E-state index in [4.69, 9.17) is 4.74 Å². The molecule has 0 aromatic heterocycles. The molecule has 0 saturated heterocycles. The number of hydrazone groups is 1. The second kappa shape index (κ2) is 6.98. The SMILES string of the molecule is COc1ccccc1/C=N/NC(=O)c1cccc([N+](=O)[O-])c1. The van der Waals surface area contributed by atoms with Crippen LogP contribution in [0.5, 0.6) is 5.75 Å². The summed E-state index contributed by atoms with van der Waals surface area (Å²) in [6, 6.07) is 12.6. The zero-order valence-electron chi connectivity index (χ0n) is 11.7. The first kappa shape index (κ1) is 15.2. The van der Waals surface area contributed by atoms with Crippen molar-refractivity contribution in [3.63, 3.8) is 0 Å². The monoisotopic (exact) mass is 299 g/mol. The van der Waals surface area contributed by atoms with Crippen molar-refractivity contribution >= 4 is 17.8 Å². The smallest absolute Gasteiger partial charge is 0.271 e. The number of hydrogen-bond acceptors (Lipinski definition) is 5. The molecular formula is C15H13N3O4. The Labute approximate surface area is 126 Å². The van der Waals surface area contributed by atoms with Gasteiger partial charge in [0.2, 0.25) is 0 Å². The second-order valence-corrected chi connectivity index (χ2v) is 4.25. The molecule has 0 radical (unpaired) electrons. The molecule has 0 aliphatic heterocycles. The summed E-state index contributed by atoms with van der Waals surface area (Å²) in [6.45, 7) is 0. The summed E-state index contributed by atoms with van der Waals surface area (Å²) in [7, 11) is 1.54. The molecule has 112 valence electrons. The predicted octanol–water partition coefficient (Wildman–Crippen LogP) is 2.37. The van der Waals surface area contributed by atoms with E-state index in [1.165, 1.54) is 37.6 Å². The minimum atomic E-state index is -0.561. The third-order valence-corrected chi connectivity index (χ3v) is 2.83. The topological polar surface area (TPSA) is 93.8 Å². The maximum Gasteiger partial charge on any atom is 0.271 e. The van der Waals surface area contributed by atoms with E-state index in [1.807, 2.05) is 12.1 Å². The highest BCUT2D eigenvalue weighted by Crippen LogP contribution is 2.15. The zero-order chi connectivity index (χ0) is 15.9. The predicted molar refractivity (Wildman–Crippen MR) is 81.2 cm³/mol. The number of rotatable bonds is 5. The fourth-order valence-electron chi connectivity index (χ4n) is 1.76. The van der Waals surface area contributed by atoms with Crippen LogP contribution in [0.1, 0.15) is 15.9 Å². The van der Waals surface area contributed by atoms with Gasteiger partial charge in [-0.25, -0.2) is 5.43 Å². The zero-order valence-corrected chi connectivity index (χ0v) is 11.7. The Bertz CT molecular complexity index is 728. The summed E-state index contributed by atoms with van der Waals surface area (Å²) in [5, 5.41) is 14.5. The van der Waals surface area contributed by atoms with Gasteiger partial charge in [0, 0.05) is 23.3 Å². The summed E-state index contributed by atoms with van der Waals surface area (Å²) >= 11 is 0. The standard InChI is InChI=1S/C15H13N3O4/c1-22-14-8-3-2-5-12(14)10-16-17-15(19)11-6-4-7-13(9-11)18(20)21/h2-10H,1H3,(H,17,19)/b16-10+. The van der Waals surface area contributed by atoms with Crippen LogP contribution in [0.4, 0.5) is 5.69 Å². The molecule has 1 N–H and O–H groups in total. The van der Waals surface area contributed by atoms with Crippen molar-refractivity contribution in [1.29, 1.82) is 0 Å². The highest BCUT2D eigenvalue weighted by molar-refractivity contribution is 5.95. The van der Waals surface area contributed by atoms with Gasteiger partial charge >= 0.3 is 0 Å². The van der Waals surface area contributed by atoms with Crippen molar-refractivity contribution in [1.82, 2.24) is 5.43 Å². The van der Waals surface area contributed by atoms with Gasteiger partial charge in [-0.2, -0.15) is 5.10 Å². The van der Waals surface area contributed by atoms with Gasteiger partial charge in [0.1, 0.15) is 5.75 Å². The van der Waals surface area contributed by atoms with E-state index in [1.54, 1.807) is 12.1 Å². The van der Waals surface area contributed by atoms with E-state index in [0.717, 1.165) is 0 Å². The van der Waals surface area contributed by atoms with Crippen LogP contribution >= 0.6 is 0 Å². The number of non-ortho nitro benzene ring substituents is 1. The molecule has 2 aromatic rings. The number of carbonyl (C=O) groups is 1. The van der Waals surface area contributed by atoms with E-state index in [-0.39, 0.29) is 11.3 Å². The lowest BCUT2D eigenvalue weighted by Crippen LogP contribution is -2.17. The summed E-state index contributed by atoms with van der Waals surface area (Å²) in [5.41, 5.74) is 3.02. The molecule has 2 rings (SSSR count). The number of benzene rings is 2. The van der Waals surface area contributed by atoms with Crippen LogP contribution in [0.2, 0.25) is 0 Å². The van der Waals surface area contributed by atoms with Gasteiger partial charge in [0.25, 0.3) is 11.6 Å². The Morgan fingerprint density at radius 3 is 2.77 bits per heavy atom. The number of para-hydroxylation sites is 1. The Balaban J connectivity index is 2.08. The third kappa shape index (κ3) is 3.66. The van der Waals surface area contributed by atoms with Gasteiger partial charge in [0.05, 0.1) is 18.2 Å². The first-order valence-corrected chi connectivity index (χ1v) is 6.32. The summed E-state index contributed by atoms with van der Waals surface area (Å²) in [6.07, 6.45) is 1.44. The molecule has 0 atom stereocenters. The minimum Gasteiger partial charge on any atom is -0.496 e. The largest absolute Gasteiger partial charge is 0.496 e. The minimum absolute atomic E-state index is 0.152. The van der Waals surface area contributed by atoms with Gasteiger partial charge in [-0.15, -0.1) is 0 Å². The first-order chi connectivity index (χ1) is 10.6. The Morgan fingerprint density at radius 2 is 2.05 bits per heavy atom. The van der Waals surface area contributed by atoms with Crippen LogP contribution in [-0.2, 0) is 0 Å². The van der Waals surface area contributed by atoms with Crippen molar-refractivity contribution in [3.05, 3.63) is 69.8 Å². The number of amides is 1. The molecular weight excluding hydrogens is 286 g/mol. The van der Waals surface area contributed by atoms with Crippen LogP contribution in [0.15, 0.2) is 53.6 Å². The maximum absolute atomic E-state index is 11.9. The fraction of sp³-hybridized carbons (Fsp3) is 0.0667. The molecule has 0 bridgehead atoms. The van der Waals surface area contributed by atoms with E-state index in [9.17, 15) is 14.9 Å². The van der Waals surface area contributed by atoms with Crippen molar-refractivity contribution in [2.75, 3.05) is 7.11 Å². The number of ether oxygens (including phenoxy) is 1. The average Bonchev–Trinajstić information content (AvgIpc) is 2.55. The van der Waals surface area contributed by atoms with Gasteiger partial charge in [0.15, 0.2) is 0 Å². The molecule has 0 saturated carbocycles. The molecule has 0 spiro atoms. The molecule has 2 aromatic carbocycles. The summed E-state index contributed by atoms with van der Waals surface area (Å²) in [4.78, 5) is 22.0. The van der Waals surface area contributed by atoms with Gasteiger partial charge in [-0.1, -0.05) is 18.2 Å². The molecule has 0 fully saturated rings. The quantitative estimate of drug-likeness (QED) is 0.521. The van der Waals surface area contributed by atoms with Crippen molar-refractivity contribution < 1.29 is 14.5 Å². The van der Waals surface area contributed by atoms with E-state index in [2.05, 4.69) is 10.5 Å². The molecule has 1 amide bonds. The Hall–Kier alpha value is -3.22. The van der Waals surface area contributed by atoms with Crippen LogP contribution in [-0.4, -0.2) is 24.2 Å². The third-order valence-electron chi connectivity index (χ3n) is 2.83. The number of methoxy groups -OCH3 is 1. The number of carbonyl (C=O) groups excluding carboxylic acids is 1. The number of hydrogen-bond donors (Lipinski definition) is 1. The number of nitro benzene ring substituents is 1. The summed E-state index contributed by atoms with van der Waals surface area (Å²) in [5.74, 6) is 0.0886. The second-order valence-electron chi connectivity index (χ2n) is 4.25. The molecule has 0 heterocycles. The van der Waals surface area contributed by atoms with Crippen LogP contribution < -0.4 is 10.2 Å². The normalized spacial score (nSPS) is 10.4. The molecule has 7 nitrogen and oxygen atoms in total. The highest BCUT2D eigenvalue weighted by Gasteiger charge is 2.10. The van der Waals surface area contributed by atoms with Gasteiger partial charge in [-0.05, 0) is 18.2 Å². The Kier molecular flexibility index (Phi) is 4.81. The number of nitro groups is 1. The average molecular weight is 299 g/mol. The molecule has 7 heteroatoms. The maximum atomic E-state index is 11.9. The van der Waals surface area contributed by atoms with E-state index in [0.29, 0.717) is 11.3 Å². The van der Waals surface area contributed by atoms with Crippen LogP contribution in [0.25, 0.3) is 0 Å². The lowest BCUT2D eigenvalue weighted by atomic mass is 10.2. The molecule has 0 aliphatic carbocycles. The van der Waals surface area contributed by atoms with Gasteiger partial charge < -0.3 is 4.74 Å². The van der Waals surface area contributed by atoms with Crippen molar-refractivity contribution in [3.8, 4) is 5.75 Å². The van der Waals surface area contributed by atoms with Crippen molar-refractivity contribution in [2.24, 2.45) is 5.10 Å². The van der Waals surface area contributed by atoms with E-state index < -0.39 is 10.8 Å². The lowest BCUT2D eigenvalue weighted by Gasteiger charge is -2.03. The molecule has 0 aliphatic rings.